The monoisotopic (exact) mass is 248 g/mol. The minimum atomic E-state index is 0.708. The average molecular weight is 248 g/mol. The van der Waals surface area contributed by atoms with Crippen molar-refractivity contribution in [3.05, 3.63) is 18.1 Å². The van der Waals surface area contributed by atoms with Gasteiger partial charge in [-0.15, -0.1) is 0 Å². The van der Waals surface area contributed by atoms with Crippen LogP contribution in [0.4, 0.5) is 5.82 Å². The molecule has 1 aliphatic carbocycles. The molecule has 0 amide bonds. The fourth-order valence-electron chi connectivity index (χ4n) is 2.75. The lowest BCUT2D eigenvalue weighted by Gasteiger charge is -2.33. The van der Waals surface area contributed by atoms with Gasteiger partial charge in [-0.25, -0.2) is 4.98 Å². The quantitative estimate of drug-likeness (QED) is 0.889. The molecule has 2 atom stereocenters. The highest BCUT2D eigenvalue weighted by Gasteiger charge is 2.22. The summed E-state index contributed by atoms with van der Waals surface area (Å²) in [7, 11) is 4.07. The topological polar surface area (TPSA) is 41.1 Å². The molecular formula is C14H24N4. The molecule has 1 aromatic heterocycles. The Bertz CT molecular complexity index is 363. The first-order valence-electron chi connectivity index (χ1n) is 6.88. The Balaban J connectivity index is 1.91. The van der Waals surface area contributed by atoms with Gasteiger partial charge in [0.15, 0.2) is 0 Å². The highest BCUT2D eigenvalue weighted by atomic mass is 15.1. The minimum absolute atomic E-state index is 0.708. The standard InChI is InChI=1S/C14H24N4/c1-11-5-4-6-13(7-11)18(3)10-12-8-17-14(15-2)9-16-12/h8-9,11,13H,4-7,10H2,1-3H3,(H,15,17). The third-order valence-corrected chi connectivity index (χ3v) is 3.90. The van der Waals surface area contributed by atoms with E-state index in [-0.39, 0.29) is 0 Å². The molecular weight excluding hydrogens is 224 g/mol. The van der Waals surface area contributed by atoms with E-state index in [1.807, 2.05) is 13.2 Å². The molecule has 100 valence electrons. The lowest BCUT2D eigenvalue weighted by atomic mass is 9.86. The van der Waals surface area contributed by atoms with Crippen molar-refractivity contribution in [2.45, 2.75) is 45.2 Å². The van der Waals surface area contributed by atoms with Gasteiger partial charge in [0, 0.05) is 19.6 Å². The van der Waals surface area contributed by atoms with Gasteiger partial charge in [-0.1, -0.05) is 19.8 Å². The molecule has 2 unspecified atom stereocenters. The van der Waals surface area contributed by atoms with Crippen molar-refractivity contribution >= 4 is 5.82 Å². The molecule has 0 spiro atoms. The van der Waals surface area contributed by atoms with Gasteiger partial charge >= 0.3 is 0 Å². The largest absolute Gasteiger partial charge is 0.372 e. The number of rotatable bonds is 4. The van der Waals surface area contributed by atoms with Crippen molar-refractivity contribution < 1.29 is 0 Å². The van der Waals surface area contributed by atoms with Gasteiger partial charge in [0.05, 0.1) is 18.1 Å². The molecule has 0 saturated heterocycles. The summed E-state index contributed by atoms with van der Waals surface area (Å²) in [5.41, 5.74) is 1.05. The summed E-state index contributed by atoms with van der Waals surface area (Å²) in [6, 6.07) is 0.708. The van der Waals surface area contributed by atoms with Gasteiger partial charge in [0.25, 0.3) is 0 Å². The summed E-state index contributed by atoms with van der Waals surface area (Å²) in [4.78, 5) is 11.2. The van der Waals surface area contributed by atoms with E-state index in [0.29, 0.717) is 6.04 Å². The molecule has 18 heavy (non-hydrogen) atoms. The van der Waals surface area contributed by atoms with Crippen LogP contribution < -0.4 is 5.32 Å². The Morgan fingerprint density at radius 2 is 2.17 bits per heavy atom. The van der Waals surface area contributed by atoms with Gasteiger partial charge in [0.2, 0.25) is 0 Å². The molecule has 1 saturated carbocycles. The predicted octanol–water partition coefficient (Wildman–Crippen LogP) is 2.53. The summed E-state index contributed by atoms with van der Waals surface area (Å²) >= 11 is 0. The predicted molar refractivity (Wildman–Crippen MR) is 74.5 cm³/mol. The number of hydrogen-bond acceptors (Lipinski definition) is 4. The van der Waals surface area contributed by atoms with Gasteiger partial charge in [0.1, 0.15) is 5.82 Å². The SMILES string of the molecule is CNc1cnc(CN(C)C2CCCC(C)C2)cn1. The summed E-state index contributed by atoms with van der Waals surface area (Å²) < 4.78 is 0. The van der Waals surface area contributed by atoms with Crippen LogP contribution in [0.2, 0.25) is 0 Å². The molecule has 1 aliphatic rings. The smallest absolute Gasteiger partial charge is 0.144 e. The van der Waals surface area contributed by atoms with Crippen LogP contribution in [0.3, 0.4) is 0 Å². The third-order valence-electron chi connectivity index (χ3n) is 3.90. The summed E-state index contributed by atoms with van der Waals surface area (Å²) in [6.45, 7) is 3.26. The second kappa shape index (κ2) is 6.14. The molecule has 0 aromatic carbocycles. The van der Waals surface area contributed by atoms with Crippen LogP contribution in [0.5, 0.6) is 0 Å². The Labute approximate surface area is 110 Å². The Kier molecular flexibility index (Phi) is 4.53. The fraction of sp³-hybridized carbons (Fsp3) is 0.714. The Morgan fingerprint density at radius 3 is 2.78 bits per heavy atom. The van der Waals surface area contributed by atoms with Crippen LogP contribution in [0, 0.1) is 5.92 Å². The van der Waals surface area contributed by atoms with E-state index in [4.69, 9.17) is 0 Å². The zero-order valence-corrected chi connectivity index (χ0v) is 11.7. The molecule has 4 nitrogen and oxygen atoms in total. The van der Waals surface area contributed by atoms with Crippen molar-refractivity contribution in [3.63, 3.8) is 0 Å². The molecule has 0 bridgehead atoms. The number of nitrogens with one attached hydrogen (secondary N) is 1. The zero-order valence-electron chi connectivity index (χ0n) is 11.7. The van der Waals surface area contributed by atoms with Crippen LogP contribution in [-0.4, -0.2) is 35.0 Å². The molecule has 0 aliphatic heterocycles. The van der Waals surface area contributed by atoms with E-state index in [1.165, 1.54) is 25.7 Å². The van der Waals surface area contributed by atoms with Crippen LogP contribution in [0.25, 0.3) is 0 Å². The first kappa shape index (κ1) is 13.3. The lowest BCUT2D eigenvalue weighted by molar-refractivity contribution is 0.156. The minimum Gasteiger partial charge on any atom is -0.372 e. The van der Waals surface area contributed by atoms with Crippen molar-refractivity contribution in [3.8, 4) is 0 Å². The summed E-state index contributed by atoms with van der Waals surface area (Å²) in [6.07, 6.45) is 9.06. The number of aromatic nitrogens is 2. The molecule has 1 heterocycles. The highest BCUT2D eigenvalue weighted by molar-refractivity contribution is 5.29. The summed E-state index contributed by atoms with van der Waals surface area (Å²) in [5, 5.41) is 2.99. The summed E-state index contributed by atoms with van der Waals surface area (Å²) in [5.74, 6) is 1.69. The molecule has 0 radical (unpaired) electrons. The maximum Gasteiger partial charge on any atom is 0.144 e. The first-order valence-corrected chi connectivity index (χ1v) is 6.88. The molecule has 1 N–H and O–H groups in total. The van der Waals surface area contributed by atoms with Crippen molar-refractivity contribution in [1.29, 1.82) is 0 Å². The number of hydrogen-bond donors (Lipinski definition) is 1. The van der Waals surface area contributed by atoms with Crippen LogP contribution in [-0.2, 0) is 6.54 Å². The number of nitrogens with zero attached hydrogens (tertiary/aromatic N) is 3. The highest BCUT2D eigenvalue weighted by Crippen LogP contribution is 2.27. The van der Waals surface area contributed by atoms with Gasteiger partial charge in [-0.3, -0.25) is 9.88 Å². The lowest BCUT2D eigenvalue weighted by Crippen LogP contribution is -2.35. The molecule has 1 aromatic rings. The van der Waals surface area contributed by atoms with Crippen LogP contribution in [0.15, 0.2) is 12.4 Å². The maximum absolute atomic E-state index is 4.44. The van der Waals surface area contributed by atoms with Gasteiger partial charge < -0.3 is 5.32 Å². The van der Waals surface area contributed by atoms with E-state index in [0.717, 1.165) is 24.0 Å². The van der Waals surface area contributed by atoms with Crippen molar-refractivity contribution in [2.24, 2.45) is 5.92 Å². The molecule has 2 rings (SSSR count). The van der Waals surface area contributed by atoms with Crippen LogP contribution in [0.1, 0.15) is 38.3 Å². The van der Waals surface area contributed by atoms with E-state index >= 15 is 0 Å². The van der Waals surface area contributed by atoms with Gasteiger partial charge in [-0.2, -0.15) is 0 Å². The van der Waals surface area contributed by atoms with Crippen molar-refractivity contribution in [1.82, 2.24) is 14.9 Å². The molecule has 4 heteroatoms. The van der Waals surface area contributed by atoms with Crippen molar-refractivity contribution in [2.75, 3.05) is 19.4 Å². The normalized spacial score (nSPS) is 24.2. The third kappa shape index (κ3) is 3.42. The second-order valence-corrected chi connectivity index (χ2v) is 5.48. The van der Waals surface area contributed by atoms with E-state index in [1.54, 1.807) is 6.20 Å². The average Bonchev–Trinajstić information content (AvgIpc) is 2.39. The van der Waals surface area contributed by atoms with E-state index in [9.17, 15) is 0 Å². The number of anilines is 1. The zero-order chi connectivity index (χ0) is 13.0. The maximum atomic E-state index is 4.44. The Hall–Kier alpha value is -1.16. The van der Waals surface area contributed by atoms with E-state index < -0.39 is 0 Å². The Morgan fingerprint density at radius 1 is 1.33 bits per heavy atom. The van der Waals surface area contributed by atoms with E-state index in [2.05, 4.69) is 34.2 Å². The fourth-order valence-corrected chi connectivity index (χ4v) is 2.75. The molecule has 1 fully saturated rings. The van der Waals surface area contributed by atoms with Gasteiger partial charge in [-0.05, 0) is 25.8 Å². The first-order chi connectivity index (χ1) is 8.69. The van der Waals surface area contributed by atoms with Crippen LogP contribution >= 0.6 is 0 Å². The second-order valence-electron chi connectivity index (χ2n) is 5.48.